The first-order valence-corrected chi connectivity index (χ1v) is 6.66. The number of ether oxygens (including phenoxy) is 2. The highest BCUT2D eigenvalue weighted by molar-refractivity contribution is 5.46. The van der Waals surface area contributed by atoms with Gasteiger partial charge in [-0.15, -0.1) is 0 Å². The molecule has 0 radical (unpaired) electrons. The van der Waals surface area contributed by atoms with Crippen LogP contribution < -0.4 is 15.2 Å². The summed E-state index contributed by atoms with van der Waals surface area (Å²) in [5.41, 5.74) is 6.86. The van der Waals surface area contributed by atoms with Crippen LogP contribution in [0.3, 0.4) is 0 Å². The number of halogens is 2. The van der Waals surface area contributed by atoms with Gasteiger partial charge in [-0.05, 0) is 30.7 Å². The second-order valence-electron chi connectivity index (χ2n) is 4.45. The van der Waals surface area contributed by atoms with Crippen molar-refractivity contribution in [1.29, 1.82) is 0 Å². The molecule has 0 aliphatic rings. The quantitative estimate of drug-likeness (QED) is 0.887. The fourth-order valence-electron chi connectivity index (χ4n) is 2.00. The summed E-state index contributed by atoms with van der Waals surface area (Å²) in [5.74, 6) is -0.194. The summed E-state index contributed by atoms with van der Waals surface area (Å²) in [6.07, 6.45) is 0. The number of hydrogen-bond acceptors (Lipinski definition) is 3. The monoisotopic (exact) mass is 293 g/mol. The Kier molecular flexibility index (Phi) is 5.11. The van der Waals surface area contributed by atoms with Crippen LogP contribution in [0.2, 0.25) is 0 Å². The molecule has 5 heteroatoms. The van der Waals surface area contributed by atoms with Gasteiger partial charge in [0.05, 0.1) is 6.61 Å². The molecule has 0 heterocycles. The molecule has 112 valence electrons. The van der Waals surface area contributed by atoms with Gasteiger partial charge in [0, 0.05) is 18.2 Å². The minimum Gasteiger partial charge on any atom is -0.490 e. The number of rotatable bonds is 6. The molecule has 2 rings (SSSR count). The van der Waals surface area contributed by atoms with Gasteiger partial charge in [-0.1, -0.05) is 12.1 Å². The highest BCUT2D eigenvalue weighted by Gasteiger charge is 2.11. The molecule has 0 bridgehead atoms. The summed E-state index contributed by atoms with van der Waals surface area (Å²) in [7, 11) is 0. The number of benzene rings is 2. The minimum atomic E-state index is -0.634. The van der Waals surface area contributed by atoms with E-state index >= 15 is 0 Å². The smallest absolute Gasteiger partial charge is 0.166 e. The maximum absolute atomic E-state index is 13.2. The molecule has 0 amide bonds. The van der Waals surface area contributed by atoms with E-state index in [0.29, 0.717) is 23.7 Å². The molecule has 2 N–H and O–H groups in total. The minimum absolute atomic E-state index is 0.0335. The van der Waals surface area contributed by atoms with E-state index in [2.05, 4.69) is 0 Å². The predicted molar refractivity (Wildman–Crippen MR) is 76.2 cm³/mol. The third-order valence-corrected chi connectivity index (χ3v) is 2.89. The van der Waals surface area contributed by atoms with Gasteiger partial charge in [0.25, 0.3) is 0 Å². The molecule has 0 fully saturated rings. The Balaban J connectivity index is 2.22. The summed E-state index contributed by atoms with van der Waals surface area (Å²) >= 11 is 0. The van der Waals surface area contributed by atoms with E-state index in [0.717, 1.165) is 11.6 Å². The lowest BCUT2D eigenvalue weighted by atomic mass is 10.2. The summed E-state index contributed by atoms with van der Waals surface area (Å²) in [4.78, 5) is 0. The van der Waals surface area contributed by atoms with Crippen molar-refractivity contribution in [3.8, 4) is 11.5 Å². The zero-order chi connectivity index (χ0) is 15.2. The Labute approximate surface area is 122 Å². The molecule has 3 nitrogen and oxygen atoms in total. The van der Waals surface area contributed by atoms with Crippen LogP contribution in [0.25, 0.3) is 0 Å². The van der Waals surface area contributed by atoms with Crippen molar-refractivity contribution < 1.29 is 18.3 Å². The topological polar surface area (TPSA) is 44.5 Å². The molecular weight excluding hydrogens is 276 g/mol. The molecule has 2 aromatic carbocycles. The van der Waals surface area contributed by atoms with Crippen LogP contribution in [0.15, 0.2) is 36.4 Å². The number of hydrogen-bond donors (Lipinski definition) is 1. The van der Waals surface area contributed by atoms with Crippen molar-refractivity contribution in [1.82, 2.24) is 0 Å². The standard InChI is InChI=1S/C16H17F2NO2/c1-2-20-15-5-3-4-12(9-19)16(15)21-10-11-6-13(17)8-14(18)7-11/h3-8H,2,9-10,19H2,1H3. The molecule has 0 spiro atoms. The molecule has 21 heavy (non-hydrogen) atoms. The zero-order valence-electron chi connectivity index (χ0n) is 11.7. The van der Waals surface area contributed by atoms with E-state index in [4.69, 9.17) is 15.2 Å². The van der Waals surface area contributed by atoms with Crippen LogP contribution in [0, 0.1) is 11.6 Å². The molecular formula is C16H17F2NO2. The van der Waals surface area contributed by atoms with E-state index in [1.54, 1.807) is 6.07 Å². The largest absolute Gasteiger partial charge is 0.490 e. The third kappa shape index (κ3) is 3.92. The Morgan fingerprint density at radius 2 is 1.76 bits per heavy atom. The van der Waals surface area contributed by atoms with E-state index in [1.165, 1.54) is 12.1 Å². The lowest BCUT2D eigenvalue weighted by Gasteiger charge is -2.15. The van der Waals surface area contributed by atoms with Crippen LogP contribution in [0.4, 0.5) is 8.78 Å². The first-order chi connectivity index (χ1) is 10.1. The normalized spacial score (nSPS) is 10.5. The summed E-state index contributed by atoms with van der Waals surface area (Å²) < 4.78 is 37.5. The zero-order valence-corrected chi connectivity index (χ0v) is 11.7. The van der Waals surface area contributed by atoms with Gasteiger partial charge < -0.3 is 15.2 Å². The molecule has 0 atom stereocenters. The van der Waals surface area contributed by atoms with Crippen LogP contribution >= 0.6 is 0 Å². The van der Waals surface area contributed by atoms with Crippen molar-refractivity contribution in [2.24, 2.45) is 5.73 Å². The van der Waals surface area contributed by atoms with Gasteiger partial charge in [-0.3, -0.25) is 0 Å². The summed E-state index contributed by atoms with van der Waals surface area (Å²) in [6, 6.07) is 8.70. The second kappa shape index (κ2) is 7.04. The van der Waals surface area contributed by atoms with Gasteiger partial charge in [0.1, 0.15) is 18.2 Å². The third-order valence-electron chi connectivity index (χ3n) is 2.89. The molecule has 0 unspecified atom stereocenters. The maximum atomic E-state index is 13.2. The fourth-order valence-corrected chi connectivity index (χ4v) is 2.00. The maximum Gasteiger partial charge on any atom is 0.166 e. The Morgan fingerprint density at radius 3 is 2.38 bits per heavy atom. The highest BCUT2D eigenvalue weighted by atomic mass is 19.1. The average Bonchev–Trinajstić information content (AvgIpc) is 2.45. The van der Waals surface area contributed by atoms with E-state index in [1.807, 2.05) is 19.1 Å². The molecule has 0 saturated carbocycles. The fraction of sp³-hybridized carbons (Fsp3) is 0.250. The SMILES string of the molecule is CCOc1cccc(CN)c1OCc1cc(F)cc(F)c1. The van der Waals surface area contributed by atoms with Gasteiger partial charge in [0.15, 0.2) is 11.5 Å². The Hall–Kier alpha value is -2.14. The van der Waals surface area contributed by atoms with Crippen LogP contribution in [-0.4, -0.2) is 6.61 Å². The Morgan fingerprint density at radius 1 is 1.05 bits per heavy atom. The van der Waals surface area contributed by atoms with Crippen molar-refractivity contribution >= 4 is 0 Å². The summed E-state index contributed by atoms with van der Waals surface area (Å²) in [6.45, 7) is 2.67. The first kappa shape index (κ1) is 15.3. The van der Waals surface area contributed by atoms with Gasteiger partial charge in [-0.25, -0.2) is 8.78 Å². The van der Waals surface area contributed by atoms with E-state index in [9.17, 15) is 8.78 Å². The summed E-state index contributed by atoms with van der Waals surface area (Å²) in [5, 5.41) is 0. The highest BCUT2D eigenvalue weighted by Crippen LogP contribution is 2.32. The lowest BCUT2D eigenvalue weighted by Crippen LogP contribution is -2.06. The lowest BCUT2D eigenvalue weighted by molar-refractivity contribution is 0.266. The van der Waals surface area contributed by atoms with Crippen molar-refractivity contribution in [3.05, 3.63) is 59.2 Å². The molecule has 0 saturated heterocycles. The van der Waals surface area contributed by atoms with E-state index in [-0.39, 0.29) is 13.2 Å². The first-order valence-electron chi connectivity index (χ1n) is 6.66. The van der Waals surface area contributed by atoms with Crippen LogP contribution in [-0.2, 0) is 13.2 Å². The van der Waals surface area contributed by atoms with Gasteiger partial charge in [-0.2, -0.15) is 0 Å². The van der Waals surface area contributed by atoms with Crippen LogP contribution in [0.5, 0.6) is 11.5 Å². The van der Waals surface area contributed by atoms with Gasteiger partial charge >= 0.3 is 0 Å². The molecule has 0 aliphatic carbocycles. The van der Waals surface area contributed by atoms with Crippen molar-refractivity contribution in [3.63, 3.8) is 0 Å². The van der Waals surface area contributed by atoms with Crippen LogP contribution in [0.1, 0.15) is 18.1 Å². The number of para-hydroxylation sites is 1. The molecule has 0 aromatic heterocycles. The number of nitrogens with two attached hydrogens (primary N) is 1. The Bertz CT molecular complexity index is 597. The molecule has 0 aliphatic heterocycles. The van der Waals surface area contributed by atoms with E-state index < -0.39 is 11.6 Å². The van der Waals surface area contributed by atoms with Crippen molar-refractivity contribution in [2.45, 2.75) is 20.1 Å². The second-order valence-corrected chi connectivity index (χ2v) is 4.45. The van der Waals surface area contributed by atoms with Gasteiger partial charge in [0.2, 0.25) is 0 Å². The van der Waals surface area contributed by atoms with Crippen molar-refractivity contribution in [2.75, 3.05) is 6.61 Å². The average molecular weight is 293 g/mol. The molecule has 2 aromatic rings. The predicted octanol–water partition coefficient (Wildman–Crippen LogP) is 3.40.